The molecule has 0 spiro atoms. The second-order valence-electron chi connectivity index (χ2n) is 16.3. The van der Waals surface area contributed by atoms with Crippen molar-refractivity contribution in [2.45, 2.75) is 0 Å². The van der Waals surface area contributed by atoms with Gasteiger partial charge in [-0.2, -0.15) is 0 Å². The van der Waals surface area contributed by atoms with Crippen LogP contribution in [0.5, 0.6) is 0 Å². The summed E-state index contributed by atoms with van der Waals surface area (Å²) >= 11 is 0. The minimum absolute atomic E-state index is 1.10. The molecule has 2 aromatic heterocycles. The summed E-state index contributed by atoms with van der Waals surface area (Å²) in [6.07, 6.45) is 0. The van der Waals surface area contributed by atoms with Crippen LogP contribution in [0.2, 0.25) is 0 Å². The fourth-order valence-corrected chi connectivity index (χ4v) is 10.1. The predicted octanol–water partition coefficient (Wildman–Crippen LogP) is 15.9. The zero-order valence-corrected chi connectivity index (χ0v) is 33.7. The van der Waals surface area contributed by atoms with Crippen molar-refractivity contribution in [3.63, 3.8) is 0 Å². The molecular formula is C60H36N2. The van der Waals surface area contributed by atoms with E-state index in [0.717, 1.165) is 16.8 Å². The van der Waals surface area contributed by atoms with Crippen molar-refractivity contribution in [3.8, 4) is 44.8 Å². The molecule has 13 rings (SSSR count). The number of fused-ring (bicyclic) bond motifs is 12. The topological polar surface area (TPSA) is 9.86 Å². The Morgan fingerprint density at radius 3 is 1.34 bits per heavy atom. The van der Waals surface area contributed by atoms with E-state index >= 15 is 0 Å². The maximum atomic E-state index is 3.48. The van der Waals surface area contributed by atoms with Crippen LogP contribution < -0.4 is 0 Å². The molecule has 286 valence electrons. The molecule has 0 N–H and O–H groups in total. The number of benzene rings is 10. The minimum Gasteiger partial charge on any atom is -0.309 e. The number of hydrogen-bond donors (Lipinski definition) is 0. The summed E-state index contributed by atoms with van der Waals surface area (Å²) in [4.78, 5) is 0. The molecular weight excluding hydrogens is 749 g/mol. The van der Waals surface area contributed by atoms with Crippen LogP contribution in [-0.2, 0) is 0 Å². The van der Waals surface area contributed by atoms with Crippen molar-refractivity contribution >= 4 is 75.9 Å². The van der Waals surface area contributed by atoms with Gasteiger partial charge in [0.2, 0.25) is 0 Å². The fraction of sp³-hybridized carbons (Fsp3) is 0. The highest BCUT2D eigenvalue weighted by Gasteiger charge is 2.18. The molecule has 13 aromatic rings. The van der Waals surface area contributed by atoms with E-state index in [1.165, 1.54) is 104 Å². The smallest absolute Gasteiger partial charge is 0.0541 e. The lowest BCUT2D eigenvalue weighted by Crippen LogP contribution is -1.96. The summed E-state index contributed by atoms with van der Waals surface area (Å²) in [6.45, 7) is 0. The average molecular weight is 785 g/mol. The van der Waals surface area contributed by atoms with Crippen molar-refractivity contribution in [1.29, 1.82) is 0 Å². The zero-order chi connectivity index (χ0) is 40.7. The molecule has 0 radical (unpaired) electrons. The first-order valence-corrected chi connectivity index (χ1v) is 21.3. The second-order valence-corrected chi connectivity index (χ2v) is 16.3. The maximum Gasteiger partial charge on any atom is 0.0541 e. The van der Waals surface area contributed by atoms with Crippen LogP contribution in [0, 0.1) is 12.1 Å². The Balaban J connectivity index is 0.979. The number of rotatable bonds is 5. The van der Waals surface area contributed by atoms with Crippen LogP contribution in [0.15, 0.2) is 218 Å². The largest absolute Gasteiger partial charge is 0.309 e. The van der Waals surface area contributed by atoms with Gasteiger partial charge < -0.3 is 9.13 Å². The van der Waals surface area contributed by atoms with Gasteiger partial charge in [0, 0.05) is 43.7 Å². The van der Waals surface area contributed by atoms with Gasteiger partial charge in [-0.05, 0) is 134 Å². The van der Waals surface area contributed by atoms with E-state index in [9.17, 15) is 0 Å². The molecule has 0 aliphatic carbocycles. The maximum absolute atomic E-state index is 3.48. The monoisotopic (exact) mass is 784 g/mol. The van der Waals surface area contributed by atoms with Gasteiger partial charge in [-0.25, -0.2) is 0 Å². The molecule has 0 amide bonds. The first kappa shape index (κ1) is 34.5. The molecule has 0 unspecified atom stereocenters. The normalized spacial score (nSPS) is 11.7. The number of aromatic nitrogens is 2. The molecule has 0 saturated carbocycles. The van der Waals surface area contributed by atoms with Crippen LogP contribution >= 0.6 is 0 Å². The van der Waals surface area contributed by atoms with Gasteiger partial charge >= 0.3 is 0 Å². The molecule has 2 heteroatoms. The standard InChI is InChI=1S/C60H36N2/c1-3-15-39(16-4-1)43-33-44(40-17-5-2-6-18-40)35-46(34-43)62-58-26-14-12-24-53(58)56-37-42(28-32-60(56)62)41-27-31-59-55(36-41)52-23-11-13-25-57(52)61(59)45-29-30-51-49-21-8-7-19-47(49)48-20-9-10-22-50(48)54(51)38-45/h1-9,11-21,23-38H. The van der Waals surface area contributed by atoms with Gasteiger partial charge in [-0.15, -0.1) is 0 Å². The van der Waals surface area contributed by atoms with Crippen molar-refractivity contribution in [2.75, 3.05) is 0 Å². The number of para-hydroxylation sites is 2. The molecule has 0 atom stereocenters. The minimum atomic E-state index is 1.10. The fourth-order valence-electron chi connectivity index (χ4n) is 10.1. The highest BCUT2D eigenvalue weighted by Crippen LogP contribution is 2.41. The van der Waals surface area contributed by atoms with Gasteiger partial charge in [-0.3, -0.25) is 0 Å². The van der Waals surface area contributed by atoms with E-state index in [2.05, 4.69) is 234 Å². The summed E-state index contributed by atoms with van der Waals surface area (Å²) < 4.78 is 4.86. The summed E-state index contributed by atoms with van der Waals surface area (Å²) in [7, 11) is 0. The van der Waals surface area contributed by atoms with E-state index < -0.39 is 0 Å². The lowest BCUT2D eigenvalue weighted by molar-refractivity contribution is 1.18. The second kappa shape index (κ2) is 13.6. The van der Waals surface area contributed by atoms with Gasteiger partial charge in [0.1, 0.15) is 0 Å². The molecule has 0 aliphatic rings. The highest BCUT2D eigenvalue weighted by atomic mass is 15.0. The van der Waals surface area contributed by atoms with Gasteiger partial charge in [0.25, 0.3) is 0 Å². The molecule has 0 saturated heterocycles. The van der Waals surface area contributed by atoms with Crippen molar-refractivity contribution in [1.82, 2.24) is 9.13 Å². The molecule has 2 nitrogen and oxygen atoms in total. The Morgan fingerprint density at radius 1 is 0.258 bits per heavy atom. The van der Waals surface area contributed by atoms with E-state index in [4.69, 9.17) is 0 Å². The van der Waals surface area contributed by atoms with Gasteiger partial charge in [0.15, 0.2) is 0 Å². The first-order valence-electron chi connectivity index (χ1n) is 21.3. The number of nitrogens with zero attached hydrogens (tertiary/aromatic N) is 2. The molecule has 0 fully saturated rings. The van der Waals surface area contributed by atoms with Crippen LogP contribution in [-0.4, -0.2) is 9.13 Å². The third-order valence-electron chi connectivity index (χ3n) is 12.9. The Hall–Kier alpha value is -8.38. The molecule has 62 heavy (non-hydrogen) atoms. The van der Waals surface area contributed by atoms with Crippen molar-refractivity contribution in [3.05, 3.63) is 231 Å². The first-order chi connectivity index (χ1) is 30.7. The van der Waals surface area contributed by atoms with E-state index in [0.29, 0.717) is 0 Å². The van der Waals surface area contributed by atoms with Gasteiger partial charge in [-0.1, -0.05) is 152 Å². The molecule has 0 aliphatic heterocycles. The summed E-state index contributed by atoms with van der Waals surface area (Å²) in [6, 6.07) is 86.5. The summed E-state index contributed by atoms with van der Waals surface area (Å²) in [5, 5.41) is 12.2. The predicted molar refractivity (Wildman–Crippen MR) is 262 cm³/mol. The zero-order valence-electron chi connectivity index (χ0n) is 33.7. The molecule has 11 aromatic carbocycles. The van der Waals surface area contributed by atoms with Crippen molar-refractivity contribution < 1.29 is 0 Å². The van der Waals surface area contributed by atoms with Crippen LogP contribution in [0.4, 0.5) is 0 Å². The van der Waals surface area contributed by atoms with Crippen LogP contribution in [0.3, 0.4) is 0 Å². The van der Waals surface area contributed by atoms with Gasteiger partial charge in [0.05, 0.1) is 22.1 Å². The van der Waals surface area contributed by atoms with E-state index in [1.54, 1.807) is 0 Å². The Kier molecular flexibility index (Phi) is 7.55. The third kappa shape index (κ3) is 5.26. The van der Waals surface area contributed by atoms with E-state index in [-0.39, 0.29) is 0 Å². The molecule has 2 heterocycles. The highest BCUT2D eigenvalue weighted by molar-refractivity contribution is 6.25. The van der Waals surface area contributed by atoms with Crippen LogP contribution in [0.25, 0.3) is 121 Å². The quantitative estimate of drug-likeness (QED) is 0.154. The Morgan fingerprint density at radius 2 is 0.742 bits per heavy atom. The lowest BCUT2D eigenvalue weighted by Gasteiger charge is -2.14. The Labute approximate surface area is 358 Å². The summed E-state index contributed by atoms with van der Waals surface area (Å²) in [5.41, 5.74) is 14.2. The third-order valence-corrected chi connectivity index (χ3v) is 12.9. The molecule has 0 bridgehead atoms. The SMILES string of the molecule is c1ccc2c(c#1)c1cc(-n3c4ccccc4c4cc(-c5ccc6c(c5)c5ccccc5n6-c5cc(-c6ccccc6)cc(-c6ccccc6)c5)ccc43)ccc1c1ccccc21. The van der Waals surface area contributed by atoms with Crippen LogP contribution in [0.1, 0.15) is 0 Å². The average Bonchev–Trinajstić information content (AvgIpc) is 3.86. The van der Waals surface area contributed by atoms with E-state index in [1.807, 2.05) is 6.07 Å². The lowest BCUT2D eigenvalue weighted by atomic mass is 9.95. The Bertz CT molecular complexity index is 3810. The van der Waals surface area contributed by atoms with Crippen molar-refractivity contribution in [2.24, 2.45) is 0 Å². The number of hydrogen-bond acceptors (Lipinski definition) is 0. The summed E-state index contributed by atoms with van der Waals surface area (Å²) in [5.74, 6) is 0.